The molecule has 1 fully saturated rings. The van der Waals surface area contributed by atoms with E-state index in [0.29, 0.717) is 23.3 Å². The number of carbonyl (C=O) groups excluding carboxylic acids is 3. The highest BCUT2D eigenvalue weighted by molar-refractivity contribution is 9.10. The van der Waals surface area contributed by atoms with Gasteiger partial charge in [-0.25, -0.2) is 0 Å². The average molecular weight is 332 g/mol. The highest BCUT2D eigenvalue weighted by Gasteiger charge is 2.40. The number of rotatable bonds is 2. The van der Waals surface area contributed by atoms with Crippen LogP contribution in [0.4, 0.5) is 0 Å². The average Bonchev–Trinajstić information content (AvgIpc) is 2.74. The Morgan fingerprint density at radius 1 is 1.20 bits per heavy atom. The van der Waals surface area contributed by atoms with Crippen molar-refractivity contribution in [1.82, 2.24) is 5.32 Å². The molecule has 1 aromatic rings. The standard InChI is InChI=1S/C15H10BrNO3/c16-9-6-4-8(5-7-9)13(18)10-2-1-3-11-12(10)17-15(20)14(11)19/h1-2,4-7,11H,3H2,(H,17,20). The van der Waals surface area contributed by atoms with Crippen LogP contribution in [-0.2, 0) is 9.59 Å². The Labute approximate surface area is 123 Å². The molecule has 1 aliphatic carbocycles. The highest BCUT2D eigenvalue weighted by atomic mass is 79.9. The van der Waals surface area contributed by atoms with E-state index < -0.39 is 17.6 Å². The molecule has 1 heterocycles. The molecule has 1 amide bonds. The van der Waals surface area contributed by atoms with Crippen LogP contribution in [0.3, 0.4) is 0 Å². The van der Waals surface area contributed by atoms with E-state index >= 15 is 0 Å². The fourth-order valence-corrected chi connectivity index (χ4v) is 2.67. The maximum Gasteiger partial charge on any atom is 0.292 e. The molecular weight excluding hydrogens is 322 g/mol. The topological polar surface area (TPSA) is 63.2 Å². The minimum absolute atomic E-state index is 0.191. The summed E-state index contributed by atoms with van der Waals surface area (Å²) in [6.45, 7) is 0. The van der Waals surface area contributed by atoms with Crippen molar-refractivity contribution < 1.29 is 14.4 Å². The van der Waals surface area contributed by atoms with Gasteiger partial charge in [0, 0.05) is 21.3 Å². The summed E-state index contributed by atoms with van der Waals surface area (Å²) in [5.41, 5.74) is 1.35. The van der Waals surface area contributed by atoms with E-state index in [1.807, 2.05) is 0 Å². The number of amides is 1. The summed E-state index contributed by atoms with van der Waals surface area (Å²) in [6, 6.07) is 6.97. The van der Waals surface area contributed by atoms with Crippen LogP contribution in [-0.4, -0.2) is 17.5 Å². The van der Waals surface area contributed by atoms with Crippen molar-refractivity contribution in [3.63, 3.8) is 0 Å². The first-order chi connectivity index (χ1) is 9.58. The van der Waals surface area contributed by atoms with Gasteiger partial charge in [-0.15, -0.1) is 0 Å². The van der Waals surface area contributed by atoms with Gasteiger partial charge in [-0.1, -0.05) is 28.1 Å². The third kappa shape index (κ3) is 2.04. The Morgan fingerprint density at radius 3 is 2.60 bits per heavy atom. The van der Waals surface area contributed by atoms with Gasteiger partial charge in [-0.05, 0) is 30.7 Å². The third-order valence-corrected chi connectivity index (χ3v) is 3.96. The lowest BCUT2D eigenvalue weighted by Crippen LogP contribution is -2.19. The predicted molar refractivity (Wildman–Crippen MR) is 75.9 cm³/mol. The van der Waals surface area contributed by atoms with Crippen LogP contribution in [0.2, 0.25) is 0 Å². The van der Waals surface area contributed by atoms with Crippen LogP contribution in [0, 0.1) is 5.92 Å². The number of halogens is 1. The summed E-state index contributed by atoms with van der Waals surface area (Å²) in [7, 11) is 0. The number of Topliss-reactive ketones (excluding diaryl/α,β-unsaturated/α-hetero) is 2. The first kappa shape index (κ1) is 13.0. The third-order valence-electron chi connectivity index (χ3n) is 3.43. The Morgan fingerprint density at radius 2 is 1.90 bits per heavy atom. The number of ketones is 2. The van der Waals surface area contributed by atoms with Crippen LogP contribution in [0.15, 0.2) is 52.2 Å². The van der Waals surface area contributed by atoms with Crippen molar-refractivity contribution in [1.29, 1.82) is 0 Å². The molecule has 0 radical (unpaired) electrons. The molecule has 0 aromatic heterocycles. The van der Waals surface area contributed by atoms with E-state index in [1.165, 1.54) is 0 Å². The monoisotopic (exact) mass is 331 g/mol. The fraction of sp³-hybridized carbons (Fsp3) is 0.133. The number of nitrogens with one attached hydrogen (secondary N) is 1. The molecular formula is C15H10BrNO3. The van der Waals surface area contributed by atoms with Crippen molar-refractivity contribution in [3.05, 3.63) is 57.7 Å². The van der Waals surface area contributed by atoms with Crippen LogP contribution in [0.1, 0.15) is 16.8 Å². The van der Waals surface area contributed by atoms with Crippen LogP contribution < -0.4 is 5.32 Å². The number of benzene rings is 1. The maximum atomic E-state index is 12.5. The van der Waals surface area contributed by atoms with E-state index in [0.717, 1.165) is 4.47 Å². The summed E-state index contributed by atoms with van der Waals surface area (Å²) in [4.78, 5) is 35.6. The van der Waals surface area contributed by atoms with Crippen LogP contribution in [0.25, 0.3) is 0 Å². The smallest absolute Gasteiger partial charge is 0.292 e. The lowest BCUT2D eigenvalue weighted by atomic mass is 9.88. The molecule has 1 unspecified atom stereocenters. The molecule has 1 saturated heterocycles. The van der Waals surface area contributed by atoms with Gasteiger partial charge < -0.3 is 5.32 Å². The molecule has 0 bridgehead atoms. The normalized spacial score (nSPS) is 20.9. The molecule has 1 aromatic carbocycles. The number of fused-ring (bicyclic) bond motifs is 1. The minimum Gasteiger partial charge on any atom is -0.322 e. The summed E-state index contributed by atoms with van der Waals surface area (Å²) < 4.78 is 0.883. The lowest BCUT2D eigenvalue weighted by molar-refractivity contribution is -0.136. The van der Waals surface area contributed by atoms with E-state index in [1.54, 1.807) is 36.4 Å². The predicted octanol–water partition coefficient (Wildman–Crippen LogP) is 2.16. The molecule has 0 saturated carbocycles. The first-order valence-electron chi connectivity index (χ1n) is 6.14. The van der Waals surface area contributed by atoms with Crippen molar-refractivity contribution in [2.24, 2.45) is 5.92 Å². The van der Waals surface area contributed by atoms with E-state index in [4.69, 9.17) is 0 Å². The quantitative estimate of drug-likeness (QED) is 0.667. The number of hydrogen-bond donors (Lipinski definition) is 1. The van der Waals surface area contributed by atoms with Crippen molar-refractivity contribution in [2.75, 3.05) is 0 Å². The van der Waals surface area contributed by atoms with E-state index in [2.05, 4.69) is 21.2 Å². The Balaban J connectivity index is 2.02. The first-order valence-corrected chi connectivity index (χ1v) is 6.93. The highest BCUT2D eigenvalue weighted by Crippen LogP contribution is 2.30. The van der Waals surface area contributed by atoms with Gasteiger partial charge in [0.15, 0.2) is 5.78 Å². The van der Waals surface area contributed by atoms with Gasteiger partial charge in [0.1, 0.15) is 0 Å². The number of allylic oxidation sites excluding steroid dienone is 4. The van der Waals surface area contributed by atoms with Crippen LogP contribution >= 0.6 is 15.9 Å². The zero-order chi connectivity index (χ0) is 14.3. The molecule has 3 rings (SSSR count). The summed E-state index contributed by atoms with van der Waals surface area (Å²) in [5.74, 6) is -1.81. The molecule has 20 heavy (non-hydrogen) atoms. The summed E-state index contributed by atoms with van der Waals surface area (Å²) >= 11 is 3.31. The molecule has 1 aliphatic heterocycles. The van der Waals surface area contributed by atoms with Gasteiger partial charge in [0.25, 0.3) is 5.91 Å². The van der Waals surface area contributed by atoms with Crippen molar-refractivity contribution >= 4 is 33.4 Å². The molecule has 100 valence electrons. The van der Waals surface area contributed by atoms with Crippen molar-refractivity contribution in [2.45, 2.75) is 6.42 Å². The Hall–Kier alpha value is -2.01. The second-order valence-corrected chi connectivity index (χ2v) is 5.59. The zero-order valence-corrected chi connectivity index (χ0v) is 11.9. The van der Waals surface area contributed by atoms with Gasteiger partial charge in [-0.2, -0.15) is 0 Å². The molecule has 1 atom stereocenters. The SMILES string of the molecule is O=C1NC2=C(C(=O)c3ccc(Br)cc3)C=CCC2C1=O. The molecule has 5 heteroatoms. The maximum absolute atomic E-state index is 12.5. The second-order valence-electron chi connectivity index (χ2n) is 4.67. The largest absolute Gasteiger partial charge is 0.322 e. The van der Waals surface area contributed by atoms with Gasteiger partial charge >= 0.3 is 0 Å². The van der Waals surface area contributed by atoms with Crippen molar-refractivity contribution in [3.8, 4) is 0 Å². The molecule has 0 spiro atoms. The number of hydrogen-bond acceptors (Lipinski definition) is 3. The lowest BCUT2D eigenvalue weighted by Gasteiger charge is -2.15. The second kappa shape index (κ2) is 4.83. The Bertz CT molecular complexity index is 686. The molecule has 4 nitrogen and oxygen atoms in total. The van der Waals surface area contributed by atoms with Crippen LogP contribution in [0.5, 0.6) is 0 Å². The summed E-state index contributed by atoms with van der Waals surface area (Å²) in [5, 5.41) is 2.53. The zero-order valence-electron chi connectivity index (χ0n) is 10.4. The molecule has 1 N–H and O–H groups in total. The summed E-state index contributed by atoms with van der Waals surface area (Å²) in [6.07, 6.45) is 3.90. The van der Waals surface area contributed by atoms with Gasteiger partial charge in [0.2, 0.25) is 5.78 Å². The minimum atomic E-state index is -0.630. The molecule has 2 aliphatic rings. The van der Waals surface area contributed by atoms with E-state index in [-0.39, 0.29) is 5.78 Å². The van der Waals surface area contributed by atoms with Gasteiger partial charge in [-0.3, -0.25) is 14.4 Å². The van der Waals surface area contributed by atoms with Gasteiger partial charge in [0.05, 0.1) is 5.92 Å². The fourth-order valence-electron chi connectivity index (χ4n) is 2.41. The number of carbonyl (C=O) groups is 3. The Kier molecular flexibility index (Phi) is 3.14. The van der Waals surface area contributed by atoms with E-state index in [9.17, 15) is 14.4 Å².